The second kappa shape index (κ2) is 5.32. The molecule has 0 amide bonds. The fraction of sp³-hybridized carbons (Fsp3) is 0.222. The number of tetrazole rings is 1. The smallest absolute Gasteiger partial charge is 0.258 e. The van der Waals surface area contributed by atoms with Crippen LogP contribution in [0.15, 0.2) is 23.4 Å². The van der Waals surface area contributed by atoms with E-state index in [4.69, 9.17) is 11.6 Å². The van der Waals surface area contributed by atoms with Crippen molar-refractivity contribution in [1.29, 1.82) is 0 Å². The highest BCUT2D eigenvalue weighted by Crippen LogP contribution is 2.27. The van der Waals surface area contributed by atoms with E-state index in [1.165, 1.54) is 34.6 Å². The number of aryl methyl sites for hydroxylation is 1. The van der Waals surface area contributed by atoms with Crippen molar-refractivity contribution in [3.05, 3.63) is 38.9 Å². The summed E-state index contributed by atoms with van der Waals surface area (Å²) in [5.41, 5.74) is 0.699. The van der Waals surface area contributed by atoms with E-state index in [-0.39, 0.29) is 5.69 Å². The van der Waals surface area contributed by atoms with Gasteiger partial charge in [-0.2, -0.15) is 0 Å². The average molecular weight is 286 g/mol. The van der Waals surface area contributed by atoms with Crippen molar-refractivity contribution in [2.24, 2.45) is 7.05 Å². The zero-order valence-corrected chi connectivity index (χ0v) is 10.9. The van der Waals surface area contributed by atoms with Gasteiger partial charge in [0, 0.05) is 30.0 Å². The Bertz CT molecular complexity index is 588. The van der Waals surface area contributed by atoms with Crippen molar-refractivity contribution in [2.45, 2.75) is 10.9 Å². The van der Waals surface area contributed by atoms with Crippen LogP contribution in [0.25, 0.3) is 0 Å². The molecule has 0 unspecified atom stereocenters. The molecule has 0 radical (unpaired) electrons. The zero-order valence-electron chi connectivity index (χ0n) is 9.28. The lowest BCUT2D eigenvalue weighted by Crippen LogP contribution is -1.94. The summed E-state index contributed by atoms with van der Waals surface area (Å²) in [6.07, 6.45) is 0. The molecule has 1 aromatic carbocycles. The van der Waals surface area contributed by atoms with Crippen molar-refractivity contribution in [1.82, 2.24) is 20.2 Å². The number of hydrogen-bond acceptors (Lipinski definition) is 6. The average Bonchev–Trinajstić information content (AvgIpc) is 2.73. The van der Waals surface area contributed by atoms with Crippen molar-refractivity contribution < 1.29 is 4.92 Å². The molecular weight excluding hydrogens is 278 g/mol. The van der Waals surface area contributed by atoms with Crippen molar-refractivity contribution in [2.75, 3.05) is 0 Å². The summed E-state index contributed by atoms with van der Waals surface area (Å²) in [5, 5.41) is 22.8. The number of hydrogen-bond donors (Lipinski definition) is 0. The van der Waals surface area contributed by atoms with Gasteiger partial charge in [0.05, 0.1) is 4.92 Å². The Morgan fingerprint density at radius 2 is 2.33 bits per heavy atom. The van der Waals surface area contributed by atoms with E-state index in [0.29, 0.717) is 21.5 Å². The third-order valence-electron chi connectivity index (χ3n) is 2.18. The maximum atomic E-state index is 10.7. The highest BCUT2D eigenvalue weighted by molar-refractivity contribution is 7.98. The lowest BCUT2D eigenvalue weighted by Gasteiger charge is -2.03. The van der Waals surface area contributed by atoms with Gasteiger partial charge in [-0.25, -0.2) is 4.68 Å². The van der Waals surface area contributed by atoms with E-state index in [9.17, 15) is 10.1 Å². The molecule has 0 aliphatic carbocycles. The first-order chi connectivity index (χ1) is 8.58. The Morgan fingerprint density at radius 3 is 2.94 bits per heavy atom. The minimum Gasteiger partial charge on any atom is -0.258 e. The maximum Gasteiger partial charge on any atom is 0.269 e. The number of nitro benzene ring substituents is 1. The van der Waals surface area contributed by atoms with E-state index in [0.717, 1.165) is 0 Å². The van der Waals surface area contributed by atoms with E-state index in [1.54, 1.807) is 7.05 Å². The molecule has 0 aliphatic heterocycles. The Kier molecular flexibility index (Phi) is 3.78. The fourth-order valence-electron chi connectivity index (χ4n) is 1.27. The van der Waals surface area contributed by atoms with E-state index in [1.807, 2.05) is 0 Å². The third kappa shape index (κ3) is 2.77. The summed E-state index contributed by atoms with van der Waals surface area (Å²) in [6, 6.07) is 4.35. The van der Waals surface area contributed by atoms with Gasteiger partial charge >= 0.3 is 0 Å². The second-order valence-corrected chi connectivity index (χ2v) is 4.76. The second-order valence-electron chi connectivity index (χ2n) is 3.41. The number of non-ortho nitro benzene ring substituents is 1. The molecule has 0 fully saturated rings. The monoisotopic (exact) mass is 285 g/mol. The lowest BCUT2D eigenvalue weighted by molar-refractivity contribution is -0.384. The fourth-order valence-corrected chi connectivity index (χ4v) is 2.38. The Hall–Kier alpha value is -1.67. The summed E-state index contributed by atoms with van der Waals surface area (Å²) in [5.74, 6) is 0.467. The van der Waals surface area contributed by atoms with Crippen LogP contribution in [0.3, 0.4) is 0 Å². The minimum absolute atomic E-state index is 0.0195. The molecule has 0 spiro atoms. The van der Waals surface area contributed by atoms with Crippen LogP contribution in [0.2, 0.25) is 5.02 Å². The van der Waals surface area contributed by atoms with Crippen molar-refractivity contribution in [3.63, 3.8) is 0 Å². The number of thioether (sulfide) groups is 1. The lowest BCUT2D eigenvalue weighted by atomic mass is 10.2. The van der Waals surface area contributed by atoms with E-state index < -0.39 is 4.92 Å². The number of nitro groups is 1. The van der Waals surface area contributed by atoms with Gasteiger partial charge in [-0.3, -0.25) is 10.1 Å². The summed E-state index contributed by atoms with van der Waals surface area (Å²) in [7, 11) is 1.72. The highest BCUT2D eigenvalue weighted by Gasteiger charge is 2.11. The SMILES string of the molecule is Cn1nnnc1SCc1cc([N+](=O)[O-])ccc1Cl. The molecule has 2 aromatic rings. The normalized spacial score (nSPS) is 10.6. The van der Waals surface area contributed by atoms with Crippen LogP contribution in [0, 0.1) is 10.1 Å². The van der Waals surface area contributed by atoms with Crippen LogP contribution in [-0.2, 0) is 12.8 Å². The number of nitrogens with zero attached hydrogens (tertiary/aromatic N) is 5. The predicted molar refractivity (Wildman–Crippen MR) is 66.5 cm³/mol. The quantitative estimate of drug-likeness (QED) is 0.485. The first-order valence-corrected chi connectivity index (χ1v) is 6.22. The van der Waals surface area contributed by atoms with Gasteiger partial charge in [0.2, 0.25) is 5.16 Å². The third-order valence-corrected chi connectivity index (χ3v) is 3.61. The van der Waals surface area contributed by atoms with Gasteiger partial charge < -0.3 is 0 Å². The molecule has 1 aromatic heterocycles. The van der Waals surface area contributed by atoms with Crippen LogP contribution >= 0.6 is 23.4 Å². The molecule has 0 N–H and O–H groups in total. The van der Waals surface area contributed by atoms with Crippen LogP contribution < -0.4 is 0 Å². The molecule has 7 nitrogen and oxygen atoms in total. The van der Waals surface area contributed by atoms with Crippen molar-refractivity contribution in [3.8, 4) is 0 Å². The van der Waals surface area contributed by atoms with Gasteiger partial charge in [-0.05, 0) is 22.1 Å². The maximum absolute atomic E-state index is 10.7. The summed E-state index contributed by atoms with van der Waals surface area (Å²) < 4.78 is 1.52. The zero-order chi connectivity index (χ0) is 13.1. The van der Waals surface area contributed by atoms with Crippen LogP contribution in [-0.4, -0.2) is 25.1 Å². The number of aromatic nitrogens is 4. The van der Waals surface area contributed by atoms with Crippen LogP contribution in [0.4, 0.5) is 5.69 Å². The summed E-state index contributed by atoms with van der Waals surface area (Å²) >= 11 is 7.35. The Balaban J connectivity index is 2.16. The first-order valence-electron chi connectivity index (χ1n) is 4.86. The topological polar surface area (TPSA) is 86.7 Å². The van der Waals surface area contributed by atoms with Gasteiger partial charge in [-0.1, -0.05) is 23.4 Å². The van der Waals surface area contributed by atoms with Crippen molar-refractivity contribution >= 4 is 29.1 Å². The van der Waals surface area contributed by atoms with Gasteiger partial charge in [-0.15, -0.1) is 5.10 Å². The molecule has 9 heteroatoms. The number of benzene rings is 1. The molecular formula is C9H8ClN5O2S. The standard InChI is InChI=1S/C9H8ClN5O2S/c1-14-9(11-12-13-14)18-5-6-4-7(15(16)17)2-3-8(6)10/h2-4H,5H2,1H3. The predicted octanol–water partition coefficient (Wildman–Crippen LogP) is 2.06. The van der Waals surface area contributed by atoms with Crippen LogP contribution in [0.1, 0.15) is 5.56 Å². The highest BCUT2D eigenvalue weighted by atomic mass is 35.5. The molecule has 0 saturated carbocycles. The molecule has 94 valence electrons. The molecule has 0 aliphatic rings. The Labute approximate surface area is 111 Å². The first kappa shape index (κ1) is 12.8. The molecule has 2 rings (SSSR count). The van der Waals surface area contributed by atoms with Gasteiger partial charge in [0.15, 0.2) is 0 Å². The van der Waals surface area contributed by atoms with E-state index >= 15 is 0 Å². The Morgan fingerprint density at radius 1 is 1.56 bits per heavy atom. The molecule has 0 bridgehead atoms. The summed E-state index contributed by atoms with van der Waals surface area (Å²) in [6.45, 7) is 0. The van der Waals surface area contributed by atoms with Crippen LogP contribution in [0.5, 0.6) is 0 Å². The summed E-state index contributed by atoms with van der Waals surface area (Å²) in [4.78, 5) is 10.2. The van der Waals surface area contributed by atoms with Gasteiger partial charge in [0.1, 0.15) is 0 Å². The minimum atomic E-state index is -0.450. The molecule has 0 atom stereocenters. The molecule has 0 saturated heterocycles. The molecule has 1 heterocycles. The van der Waals surface area contributed by atoms with Gasteiger partial charge in [0.25, 0.3) is 5.69 Å². The number of halogens is 1. The number of rotatable bonds is 4. The largest absolute Gasteiger partial charge is 0.269 e. The van der Waals surface area contributed by atoms with E-state index in [2.05, 4.69) is 15.5 Å². The molecule has 18 heavy (non-hydrogen) atoms.